The van der Waals surface area contributed by atoms with E-state index in [1.807, 2.05) is 0 Å². The molecule has 3 aromatic rings. The van der Waals surface area contributed by atoms with Gasteiger partial charge in [0.15, 0.2) is 0 Å². The Bertz CT molecular complexity index is 1020. The van der Waals surface area contributed by atoms with Gasteiger partial charge in [-0.2, -0.15) is 18.3 Å². The molecule has 0 saturated heterocycles. The zero-order chi connectivity index (χ0) is 21.9. The molecule has 0 radical (unpaired) electrons. The van der Waals surface area contributed by atoms with Crippen LogP contribution in [0.15, 0.2) is 61.2 Å². The molecule has 2 atom stereocenters. The molecule has 3 rings (SSSR count). The Morgan fingerprint density at radius 3 is 2.37 bits per heavy atom. The number of hydrogen-bond acceptors (Lipinski definition) is 3. The first kappa shape index (κ1) is 21.6. The Kier molecular flexibility index (Phi) is 6.02. The molecule has 4 nitrogen and oxygen atoms in total. The van der Waals surface area contributed by atoms with E-state index in [1.54, 1.807) is 13.0 Å². The van der Waals surface area contributed by atoms with Gasteiger partial charge in [0.2, 0.25) is 0 Å². The van der Waals surface area contributed by atoms with Crippen molar-refractivity contribution in [2.75, 3.05) is 0 Å². The summed E-state index contributed by atoms with van der Waals surface area (Å²) < 4.78 is 67.2. The maximum atomic E-state index is 14.5. The number of alkyl halides is 3. The van der Waals surface area contributed by atoms with Crippen LogP contribution in [0.3, 0.4) is 0 Å². The van der Waals surface area contributed by atoms with Crippen LogP contribution in [0.5, 0.6) is 0 Å². The van der Waals surface area contributed by atoms with Crippen LogP contribution in [0.1, 0.15) is 23.6 Å². The van der Waals surface area contributed by atoms with E-state index in [0.717, 1.165) is 24.3 Å². The molecule has 158 valence electrons. The maximum absolute atomic E-state index is 14.5. The van der Waals surface area contributed by atoms with Crippen molar-refractivity contribution in [2.45, 2.75) is 25.2 Å². The van der Waals surface area contributed by atoms with E-state index in [1.165, 1.54) is 35.5 Å². The Hall–Kier alpha value is -3.07. The van der Waals surface area contributed by atoms with Gasteiger partial charge in [-0.15, -0.1) is 0 Å². The molecule has 1 N–H and O–H groups in total. The van der Waals surface area contributed by atoms with Crippen molar-refractivity contribution in [2.24, 2.45) is 5.92 Å². The lowest BCUT2D eigenvalue weighted by Crippen LogP contribution is -2.38. The van der Waals surface area contributed by atoms with Crippen LogP contribution in [0, 0.1) is 17.6 Å². The molecule has 1 heterocycles. The third-order valence-electron chi connectivity index (χ3n) is 4.84. The summed E-state index contributed by atoms with van der Waals surface area (Å²) in [5.41, 5.74) is -2.27. The Balaban J connectivity index is 1.92. The van der Waals surface area contributed by atoms with E-state index in [9.17, 15) is 27.1 Å². The Morgan fingerprint density at radius 1 is 1.10 bits per heavy atom. The number of aromatic nitrogens is 3. The van der Waals surface area contributed by atoms with Crippen LogP contribution < -0.4 is 0 Å². The van der Waals surface area contributed by atoms with Gasteiger partial charge in [-0.05, 0) is 23.8 Å². The average Bonchev–Trinajstić information content (AvgIpc) is 3.18. The van der Waals surface area contributed by atoms with E-state index in [0.29, 0.717) is 11.6 Å². The number of benzene rings is 2. The van der Waals surface area contributed by atoms with Crippen LogP contribution in [-0.2, 0) is 18.3 Å². The van der Waals surface area contributed by atoms with Gasteiger partial charge in [0.05, 0.1) is 12.1 Å². The highest BCUT2D eigenvalue weighted by Gasteiger charge is 2.38. The summed E-state index contributed by atoms with van der Waals surface area (Å²) in [7, 11) is 0. The SMILES string of the molecule is C[C@@H](/C=C/c1ccc(C(F)(F)F)cc1)[C@](O)(Cn1cncn1)c1ccc(F)cc1F. The fourth-order valence-electron chi connectivity index (χ4n) is 3.07. The van der Waals surface area contributed by atoms with Gasteiger partial charge < -0.3 is 5.11 Å². The predicted octanol–water partition coefficient (Wildman–Crippen LogP) is 4.81. The number of nitrogens with zero attached hydrogens (tertiary/aromatic N) is 3. The quantitative estimate of drug-likeness (QED) is 0.579. The van der Waals surface area contributed by atoms with Crippen LogP contribution in [0.25, 0.3) is 6.08 Å². The fourth-order valence-corrected chi connectivity index (χ4v) is 3.07. The first-order valence-corrected chi connectivity index (χ1v) is 8.95. The highest BCUT2D eigenvalue weighted by Crippen LogP contribution is 2.35. The smallest absolute Gasteiger partial charge is 0.382 e. The lowest BCUT2D eigenvalue weighted by Gasteiger charge is -2.33. The predicted molar refractivity (Wildman–Crippen MR) is 99.9 cm³/mol. The van der Waals surface area contributed by atoms with Gasteiger partial charge in [-0.1, -0.05) is 37.3 Å². The summed E-state index contributed by atoms with van der Waals surface area (Å²) in [6, 6.07) is 7.36. The van der Waals surface area contributed by atoms with Gasteiger partial charge in [0.1, 0.15) is 29.9 Å². The molecule has 30 heavy (non-hydrogen) atoms. The molecular formula is C21H18F5N3O. The summed E-state index contributed by atoms with van der Waals surface area (Å²) >= 11 is 0. The summed E-state index contributed by atoms with van der Waals surface area (Å²) in [6.07, 6.45) is 1.23. The second-order valence-corrected chi connectivity index (χ2v) is 6.91. The standard InChI is InChI=1S/C21H18F5N3O/c1-14(2-3-15-4-6-16(7-5-15)21(24,25)26)20(30,11-29-13-27-12-28-29)18-9-8-17(22)10-19(18)23/h2-10,12-14,30H,11H2,1H3/b3-2+/t14-,20+/m0/s1. The highest BCUT2D eigenvalue weighted by atomic mass is 19.4. The molecule has 0 aliphatic carbocycles. The zero-order valence-electron chi connectivity index (χ0n) is 15.8. The number of aliphatic hydroxyl groups is 1. The average molecular weight is 423 g/mol. The highest BCUT2D eigenvalue weighted by molar-refractivity contribution is 5.50. The molecule has 1 aromatic heterocycles. The molecule has 0 aliphatic rings. The van der Waals surface area contributed by atoms with Gasteiger partial charge in [0.25, 0.3) is 0 Å². The van der Waals surface area contributed by atoms with E-state index >= 15 is 0 Å². The van der Waals surface area contributed by atoms with Crippen molar-refractivity contribution < 1.29 is 27.1 Å². The molecule has 0 spiro atoms. The van der Waals surface area contributed by atoms with E-state index in [4.69, 9.17) is 0 Å². The molecule has 2 aromatic carbocycles. The molecule has 0 saturated carbocycles. The minimum absolute atomic E-state index is 0.135. The van der Waals surface area contributed by atoms with Crippen LogP contribution in [0.2, 0.25) is 0 Å². The molecule has 0 aliphatic heterocycles. The first-order chi connectivity index (χ1) is 14.1. The lowest BCUT2D eigenvalue weighted by molar-refractivity contribution is -0.137. The van der Waals surface area contributed by atoms with Gasteiger partial charge in [0, 0.05) is 17.5 Å². The van der Waals surface area contributed by atoms with E-state index in [2.05, 4.69) is 10.1 Å². The second kappa shape index (κ2) is 8.35. The van der Waals surface area contributed by atoms with E-state index < -0.39 is 34.9 Å². The molecule has 0 unspecified atom stereocenters. The zero-order valence-corrected chi connectivity index (χ0v) is 15.8. The molecular weight excluding hydrogens is 405 g/mol. The summed E-state index contributed by atoms with van der Waals surface area (Å²) in [5, 5.41) is 15.3. The third-order valence-corrected chi connectivity index (χ3v) is 4.84. The fraction of sp³-hybridized carbons (Fsp3) is 0.238. The van der Waals surface area contributed by atoms with Crippen molar-refractivity contribution >= 4 is 6.08 Å². The summed E-state index contributed by atoms with van der Waals surface area (Å²) in [4.78, 5) is 3.79. The van der Waals surface area contributed by atoms with Crippen LogP contribution in [0.4, 0.5) is 22.0 Å². The minimum Gasteiger partial charge on any atom is -0.382 e. The Morgan fingerprint density at radius 2 is 1.80 bits per heavy atom. The molecule has 0 fully saturated rings. The lowest BCUT2D eigenvalue weighted by atomic mass is 9.81. The Labute approximate surface area is 169 Å². The number of halogens is 5. The number of rotatable bonds is 6. The summed E-state index contributed by atoms with van der Waals surface area (Å²) in [5.74, 6) is -2.43. The van der Waals surface area contributed by atoms with E-state index in [-0.39, 0.29) is 12.1 Å². The third kappa shape index (κ3) is 4.73. The monoisotopic (exact) mass is 423 g/mol. The largest absolute Gasteiger partial charge is 0.416 e. The first-order valence-electron chi connectivity index (χ1n) is 8.95. The molecule has 9 heteroatoms. The maximum Gasteiger partial charge on any atom is 0.416 e. The van der Waals surface area contributed by atoms with Gasteiger partial charge >= 0.3 is 6.18 Å². The van der Waals surface area contributed by atoms with Gasteiger partial charge in [-0.3, -0.25) is 0 Å². The van der Waals surface area contributed by atoms with Crippen molar-refractivity contribution in [1.82, 2.24) is 14.8 Å². The van der Waals surface area contributed by atoms with Crippen molar-refractivity contribution in [3.8, 4) is 0 Å². The van der Waals surface area contributed by atoms with Crippen molar-refractivity contribution in [3.05, 3.63) is 89.5 Å². The van der Waals surface area contributed by atoms with Crippen molar-refractivity contribution in [3.63, 3.8) is 0 Å². The van der Waals surface area contributed by atoms with Crippen LogP contribution >= 0.6 is 0 Å². The topological polar surface area (TPSA) is 50.9 Å². The number of hydrogen-bond donors (Lipinski definition) is 1. The normalized spacial score (nSPS) is 15.3. The molecule has 0 bridgehead atoms. The minimum atomic E-state index is -4.44. The van der Waals surface area contributed by atoms with Crippen LogP contribution in [-0.4, -0.2) is 19.9 Å². The second-order valence-electron chi connectivity index (χ2n) is 6.91. The summed E-state index contributed by atoms with van der Waals surface area (Å²) in [6.45, 7) is 1.44. The molecule has 0 amide bonds. The van der Waals surface area contributed by atoms with Gasteiger partial charge in [-0.25, -0.2) is 18.4 Å². The van der Waals surface area contributed by atoms with Crippen molar-refractivity contribution in [1.29, 1.82) is 0 Å².